The highest BCUT2D eigenvalue weighted by molar-refractivity contribution is 5.44. The third kappa shape index (κ3) is 2.42. The summed E-state index contributed by atoms with van der Waals surface area (Å²) in [7, 11) is 0. The second-order valence-electron chi connectivity index (χ2n) is 4.98. The zero-order chi connectivity index (χ0) is 13.2. The minimum atomic E-state index is 0.292. The monoisotopic (exact) mass is 255 g/mol. The predicted molar refractivity (Wildman–Crippen MR) is 74.1 cm³/mol. The van der Waals surface area contributed by atoms with Crippen molar-refractivity contribution in [1.82, 2.24) is 5.32 Å². The number of hydrogen-bond acceptors (Lipinski definition) is 3. The van der Waals surface area contributed by atoms with Crippen molar-refractivity contribution in [1.29, 1.82) is 0 Å². The van der Waals surface area contributed by atoms with Crippen molar-refractivity contribution in [2.45, 2.75) is 25.4 Å². The molecule has 0 radical (unpaired) electrons. The number of nitrogens with one attached hydrogen (secondary N) is 1. The van der Waals surface area contributed by atoms with Gasteiger partial charge in [0.2, 0.25) is 0 Å². The summed E-state index contributed by atoms with van der Waals surface area (Å²) in [4.78, 5) is 0. The molecule has 3 N–H and O–H groups in total. The molecule has 0 bridgehead atoms. The van der Waals surface area contributed by atoms with Crippen molar-refractivity contribution in [2.75, 3.05) is 0 Å². The molecule has 0 saturated carbocycles. The van der Waals surface area contributed by atoms with Gasteiger partial charge in [-0.05, 0) is 47.7 Å². The third-order valence-corrected chi connectivity index (χ3v) is 3.73. The van der Waals surface area contributed by atoms with Crippen LogP contribution >= 0.6 is 0 Å². The summed E-state index contributed by atoms with van der Waals surface area (Å²) in [5.41, 5.74) is 3.43. The standard InChI is InChI=1S/C16H17NO2/c18-12-6-4-11(5-7-12)10-17-15-9-8-14-13(15)2-1-3-16(14)19/h1-7,15,17-19H,8-10H2. The van der Waals surface area contributed by atoms with Crippen LogP contribution in [0.15, 0.2) is 42.5 Å². The van der Waals surface area contributed by atoms with Gasteiger partial charge in [-0.15, -0.1) is 0 Å². The first kappa shape index (κ1) is 12.1. The average molecular weight is 255 g/mol. The predicted octanol–water partition coefficient (Wildman–Crippen LogP) is 2.87. The highest BCUT2D eigenvalue weighted by Gasteiger charge is 2.23. The van der Waals surface area contributed by atoms with Crippen molar-refractivity contribution in [3.05, 3.63) is 59.2 Å². The molecule has 19 heavy (non-hydrogen) atoms. The molecule has 98 valence electrons. The number of fused-ring (bicyclic) bond motifs is 1. The van der Waals surface area contributed by atoms with Crippen molar-refractivity contribution in [3.8, 4) is 11.5 Å². The number of phenolic OH excluding ortho intramolecular Hbond substituents is 2. The maximum atomic E-state index is 9.81. The van der Waals surface area contributed by atoms with Gasteiger partial charge in [0.15, 0.2) is 0 Å². The van der Waals surface area contributed by atoms with Crippen LogP contribution in [0.5, 0.6) is 11.5 Å². The number of benzene rings is 2. The Morgan fingerprint density at radius 3 is 2.63 bits per heavy atom. The summed E-state index contributed by atoms with van der Waals surface area (Å²) >= 11 is 0. The first-order valence-electron chi connectivity index (χ1n) is 6.56. The summed E-state index contributed by atoms with van der Waals surface area (Å²) in [6.45, 7) is 0.764. The highest BCUT2D eigenvalue weighted by Crippen LogP contribution is 2.36. The Labute approximate surface area is 112 Å². The van der Waals surface area contributed by atoms with Crippen LogP contribution in [-0.4, -0.2) is 10.2 Å². The Kier molecular flexibility index (Phi) is 3.13. The van der Waals surface area contributed by atoms with E-state index in [0.29, 0.717) is 17.5 Å². The average Bonchev–Trinajstić information content (AvgIpc) is 2.83. The van der Waals surface area contributed by atoms with Gasteiger partial charge < -0.3 is 15.5 Å². The molecule has 0 aliphatic heterocycles. The highest BCUT2D eigenvalue weighted by atomic mass is 16.3. The molecule has 3 heteroatoms. The van der Waals surface area contributed by atoms with Crippen LogP contribution in [0, 0.1) is 0 Å². The minimum absolute atomic E-state index is 0.292. The van der Waals surface area contributed by atoms with Crippen LogP contribution in [-0.2, 0) is 13.0 Å². The van der Waals surface area contributed by atoms with E-state index < -0.39 is 0 Å². The molecule has 0 fully saturated rings. The smallest absolute Gasteiger partial charge is 0.119 e. The molecule has 3 rings (SSSR count). The van der Waals surface area contributed by atoms with E-state index in [4.69, 9.17) is 0 Å². The maximum Gasteiger partial charge on any atom is 0.119 e. The lowest BCUT2D eigenvalue weighted by atomic mass is 10.1. The van der Waals surface area contributed by atoms with Crippen molar-refractivity contribution in [2.24, 2.45) is 0 Å². The molecule has 1 unspecified atom stereocenters. The van der Waals surface area contributed by atoms with Gasteiger partial charge in [-0.3, -0.25) is 0 Å². The lowest BCUT2D eigenvalue weighted by Crippen LogP contribution is -2.18. The van der Waals surface area contributed by atoms with Crippen molar-refractivity contribution < 1.29 is 10.2 Å². The first-order chi connectivity index (χ1) is 9.24. The van der Waals surface area contributed by atoms with E-state index in [0.717, 1.165) is 30.5 Å². The zero-order valence-corrected chi connectivity index (χ0v) is 10.6. The fourth-order valence-corrected chi connectivity index (χ4v) is 2.70. The van der Waals surface area contributed by atoms with Crippen LogP contribution in [0.1, 0.15) is 29.2 Å². The van der Waals surface area contributed by atoms with Gasteiger partial charge in [0.1, 0.15) is 11.5 Å². The van der Waals surface area contributed by atoms with Gasteiger partial charge in [-0.25, -0.2) is 0 Å². The van der Waals surface area contributed by atoms with E-state index in [2.05, 4.69) is 11.4 Å². The molecule has 1 aliphatic carbocycles. The van der Waals surface area contributed by atoms with Crippen LogP contribution in [0.2, 0.25) is 0 Å². The quantitative estimate of drug-likeness (QED) is 0.790. The molecule has 0 heterocycles. The molecule has 1 aliphatic rings. The maximum absolute atomic E-state index is 9.81. The molecule has 0 saturated heterocycles. The van der Waals surface area contributed by atoms with Gasteiger partial charge >= 0.3 is 0 Å². The Morgan fingerprint density at radius 1 is 1.05 bits per heavy atom. The normalized spacial score (nSPS) is 17.4. The second-order valence-corrected chi connectivity index (χ2v) is 4.98. The fraction of sp³-hybridized carbons (Fsp3) is 0.250. The Hall–Kier alpha value is -2.00. The van der Waals surface area contributed by atoms with E-state index in [1.165, 1.54) is 5.56 Å². The topological polar surface area (TPSA) is 52.5 Å². The molecule has 1 atom stereocenters. The molecule has 0 amide bonds. The van der Waals surface area contributed by atoms with Crippen LogP contribution in [0.3, 0.4) is 0 Å². The molecule has 0 spiro atoms. The lowest BCUT2D eigenvalue weighted by Gasteiger charge is -2.14. The van der Waals surface area contributed by atoms with Gasteiger partial charge in [-0.1, -0.05) is 24.3 Å². The SMILES string of the molecule is Oc1ccc(CNC2CCc3c(O)cccc32)cc1. The van der Waals surface area contributed by atoms with Gasteiger partial charge in [0.05, 0.1) is 0 Å². The largest absolute Gasteiger partial charge is 0.508 e. The van der Waals surface area contributed by atoms with Gasteiger partial charge in [-0.2, -0.15) is 0 Å². The molecule has 2 aromatic rings. The summed E-state index contributed by atoms with van der Waals surface area (Å²) in [6.07, 6.45) is 1.94. The first-order valence-corrected chi connectivity index (χ1v) is 6.56. The summed E-state index contributed by atoms with van der Waals surface area (Å²) in [5.74, 6) is 0.700. The third-order valence-electron chi connectivity index (χ3n) is 3.73. The fourth-order valence-electron chi connectivity index (χ4n) is 2.70. The Bertz CT molecular complexity index is 578. The van der Waals surface area contributed by atoms with Gasteiger partial charge in [0, 0.05) is 12.6 Å². The van der Waals surface area contributed by atoms with E-state index in [1.54, 1.807) is 18.2 Å². The van der Waals surface area contributed by atoms with Crippen molar-refractivity contribution >= 4 is 0 Å². The molecule has 2 aromatic carbocycles. The Balaban J connectivity index is 1.70. The number of rotatable bonds is 3. The molecule has 3 nitrogen and oxygen atoms in total. The Morgan fingerprint density at radius 2 is 1.84 bits per heavy atom. The second kappa shape index (κ2) is 4.94. The number of phenols is 2. The summed E-state index contributed by atoms with van der Waals surface area (Å²) < 4.78 is 0. The zero-order valence-electron chi connectivity index (χ0n) is 10.6. The van der Waals surface area contributed by atoms with E-state index >= 15 is 0 Å². The van der Waals surface area contributed by atoms with Crippen LogP contribution in [0.4, 0.5) is 0 Å². The van der Waals surface area contributed by atoms with Gasteiger partial charge in [0.25, 0.3) is 0 Å². The lowest BCUT2D eigenvalue weighted by molar-refractivity contribution is 0.469. The minimum Gasteiger partial charge on any atom is -0.508 e. The van der Waals surface area contributed by atoms with E-state index in [-0.39, 0.29) is 0 Å². The molecular formula is C16H17NO2. The summed E-state index contributed by atoms with van der Waals surface area (Å²) in [5, 5.41) is 22.6. The van der Waals surface area contributed by atoms with Crippen LogP contribution < -0.4 is 5.32 Å². The van der Waals surface area contributed by atoms with E-state index in [1.807, 2.05) is 18.2 Å². The number of aromatic hydroxyl groups is 2. The number of hydrogen-bond donors (Lipinski definition) is 3. The molecule has 0 aromatic heterocycles. The summed E-state index contributed by atoms with van der Waals surface area (Å²) in [6, 6.07) is 13.3. The van der Waals surface area contributed by atoms with Crippen LogP contribution in [0.25, 0.3) is 0 Å². The van der Waals surface area contributed by atoms with E-state index in [9.17, 15) is 10.2 Å². The molecular weight excluding hydrogens is 238 g/mol. The van der Waals surface area contributed by atoms with Crippen molar-refractivity contribution in [3.63, 3.8) is 0 Å².